The lowest BCUT2D eigenvalue weighted by Crippen LogP contribution is -2.17. The average Bonchev–Trinajstić information content (AvgIpc) is 2.60. The quantitative estimate of drug-likeness (QED) is 0.838. The first-order valence-corrected chi connectivity index (χ1v) is 7.02. The monoisotopic (exact) mass is 351 g/mol. The third kappa shape index (κ3) is 3.85. The molecule has 2 aromatic rings. The van der Waals surface area contributed by atoms with E-state index in [1.54, 1.807) is 0 Å². The molecule has 0 radical (unpaired) electrons. The SMILES string of the molecule is COC(=O)c1cc(OC)c(OC)cc1NC(=O)c1ccc(F)cc1F. The number of carbonyl (C=O) groups excluding carboxylic acids is 2. The zero-order valence-corrected chi connectivity index (χ0v) is 13.7. The van der Waals surface area contributed by atoms with Crippen molar-refractivity contribution in [1.29, 1.82) is 0 Å². The zero-order chi connectivity index (χ0) is 18.6. The Morgan fingerprint density at radius 1 is 0.920 bits per heavy atom. The summed E-state index contributed by atoms with van der Waals surface area (Å²) in [5.41, 5.74) is -0.374. The van der Waals surface area contributed by atoms with Crippen LogP contribution in [0.3, 0.4) is 0 Å². The van der Waals surface area contributed by atoms with Crippen LogP contribution < -0.4 is 14.8 Å². The number of nitrogens with one attached hydrogen (secondary N) is 1. The number of ether oxygens (including phenoxy) is 3. The van der Waals surface area contributed by atoms with Gasteiger partial charge in [-0.1, -0.05) is 0 Å². The maximum absolute atomic E-state index is 13.8. The van der Waals surface area contributed by atoms with Gasteiger partial charge in [-0.15, -0.1) is 0 Å². The summed E-state index contributed by atoms with van der Waals surface area (Å²) in [6, 6.07) is 5.20. The highest BCUT2D eigenvalue weighted by atomic mass is 19.1. The van der Waals surface area contributed by atoms with Gasteiger partial charge in [0, 0.05) is 18.2 Å². The largest absolute Gasteiger partial charge is 0.493 e. The second-order valence-electron chi connectivity index (χ2n) is 4.82. The second-order valence-corrected chi connectivity index (χ2v) is 4.82. The lowest BCUT2D eigenvalue weighted by atomic mass is 10.1. The molecule has 0 aromatic heterocycles. The normalized spacial score (nSPS) is 10.1. The first-order valence-electron chi connectivity index (χ1n) is 7.02. The van der Waals surface area contributed by atoms with E-state index in [0.29, 0.717) is 6.07 Å². The first-order chi connectivity index (χ1) is 11.9. The molecule has 6 nitrogen and oxygen atoms in total. The molecule has 0 saturated carbocycles. The molecule has 2 aromatic carbocycles. The maximum atomic E-state index is 13.8. The van der Waals surface area contributed by atoms with Crippen molar-refractivity contribution in [2.24, 2.45) is 0 Å². The molecule has 25 heavy (non-hydrogen) atoms. The molecule has 0 bridgehead atoms. The molecule has 0 heterocycles. The van der Waals surface area contributed by atoms with Crippen molar-refractivity contribution in [2.75, 3.05) is 26.6 Å². The van der Waals surface area contributed by atoms with Crippen LogP contribution in [-0.4, -0.2) is 33.2 Å². The highest BCUT2D eigenvalue weighted by Gasteiger charge is 2.21. The molecule has 0 aliphatic rings. The minimum atomic E-state index is -1.03. The summed E-state index contributed by atoms with van der Waals surface area (Å²) in [4.78, 5) is 24.2. The van der Waals surface area contributed by atoms with E-state index in [1.165, 1.54) is 33.5 Å². The van der Waals surface area contributed by atoms with Crippen LogP contribution in [0.1, 0.15) is 20.7 Å². The Morgan fingerprint density at radius 2 is 1.56 bits per heavy atom. The van der Waals surface area contributed by atoms with Crippen molar-refractivity contribution in [2.45, 2.75) is 0 Å². The van der Waals surface area contributed by atoms with Gasteiger partial charge >= 0.3 is 5.97 Å². The fraction of sp³-hybridized carbons (Fsp3) is 0.176. The number of halogens is 2. The Labute approximate surface area is 142 Å². The number of esters is 1. The van der Waals surface area contributed by atoms with Gasteiger partial charge in [0.1, 0.15) is 11.6 Å². The van der Waals surface area contributed by atoms with Crippen molar-refractivity contribution in [3.8, 4) is 11.5 Å². The van der Waals surface area contributed by atoms with E-state index < -0.39 is 23.5 Å². The summed E-state index contributed by atoms with van der Waals surface area (Å²) in [5, 5.41) is 2.39. The van der Waals surface area contributed by atoms with Gasteiger partial charge in [-0.05, 0) is 12.1 Å². The van der Waals surface area contributed by atoms with Gasteiger partial charge in [0.2, 0.25) is 0 Å². The van der Waals surface area contributed by atoms with E-state index >= 15 is 0 Å². The minimum Gasteiger partial charge on any atom is -0.493 e. The molecule has 2 rings (SSSR count). The molecular weight excluding hydrogens is 336 g/mol. The molecule has 0 atom stereocenters. The van der Waals surface area contributed by atoms with Crippen LogP contribution in [-0.2, 0) is 4.74 Å². The number of carbonyl (C=O) groups is 2. The molecular formula is C17H15F2NO5. The summed E-state index contributed by atoms with van der Waals surface area (Å²) >= 11 is 0. The van der Waals surface area contributed by atoms with Gasteiger partial charge in [0.05, 0.1) is 38.1 Å². The molecule has 0 saturated heterocycles. The summed E-state index contributed by atoms with van der Waals surface area (Å²) in [6.07, 6.45) is 0. The summed E-state index contributed by atoms with van der Waals surface area (Å²) in [7, 11) is 3.93. The highest BCUT2D eigenvalue weighted by Crippen LogP contribution is 2.34. The van der Waals surface area contributed by atoms with Crippen LogP contribution in [0.15, 0.2) is 30.3 Å². The Morgan fingerprint density at radius 3 is 2.12 bits per heavy atom. The van der Waals surface area contributed by atoms with Gasteiger partial charge in [-0.2, -0.15) is 0 Å². The predicted octanol–water partition coefficient (Wildman–Crippen LogP) is 3.02. The number of anilines is 1. The Balaban J connectivity index is 2.46. The fourth-order valence-corrected chi connectivity index (χ4v) is 2.12. The molecule has 1 amide bonds. The first kappa shape index (κ1) is 18.2. The number of rotatable bonds is 5. The van der Waals surface area contributed by atoms with Crippen molar-refractivity contribution in [1.82, 2.24) is 0 Å². The van der Waals surface area contributed by atoms with Gasteiger partial charge < -0.3 is 19.5 Å². The van der Waals surface area contributed by atoms with Crippen LogP contribution in [0.25, 0.3) is 0 Å². The number of benzene rings is 2. The van der Waals surface area contributed by atoms with Gasteiger partial charge in [0.15, 0.2) is 11.5 Å². The third-order valence-corrected chi connectivity index (χ3v) is 3.35. The summed E-state index contributed by atoms with van der Waals surface area (Å²) < 4.78 is 41.6. The van der Waals surface area contributed by atoms with Crippen LogP contribution in [0.2, 0.25) is 0 Å². The molecule has 0 fully saturated rings. The van der Waals surface area contributed by atoms with E-state index in [-0.39, 0.29) is 28.3 Å². The third-order valence-electron chi connectivity index (χ3n) is 3.35. The lowest BCUT2D eigenvalue weighted by Gasteiger charge is -2.14. The van der Waals surface area contributed by atoms with Crippen LogP contribution >= 0.6 is 0 Å². The zero-order valence-electron chi connectivity index (χ0n) is 13.7. The summed E-state index contributed by atoms with van der Waals surface area (Å²) in [5.74, 6) is -2.96. The Kier molecular flexibility index (Phi) is 5.53. The van der Waals surface area contributed by atoms with Crippen molar-refractivity contribution in [3.05, 3.63) is 53.1 Å². The van der Waals surface area contributed by atoms with Crippen molar-refractivity contribution >= 4 is 17.6 Å². The highest BCUT2D eigenvalue weighted by molar-refractivity contribution is 6.08. The van der Waals surface area contributed by atoms with Crippen LogP contribution in [0.5, 0.6) is 11.5 Å². The number of methoxy groups -OCH3 is 3. The molecule has 1 N–H and O–H groups in total. The molecule has 132 valence electrons. The van der Waals surface area contributed by atoms with Crippen molar-refractivity contribution in [3.63, 3.8) is 0 Å². The van der Waals surface area contributed by atoms with Crippen LogP contribution in [0.4, 0.5) is 14.5 Å². The molecule has 0 aliphatic carbocycles. The molecule has 0 spiro atoms. The van der Waals surface area contributed by atoms with E-state index in [1.807, 2.05) is 0 Å². The number of hydrogen-bond donors (Lipinski definition) is 1. The van der Waals surface area contributed by atoms with Crippen molar-refractivity contribution < 1.29 is 32.6 Å². The van der Waals surface area contributed by atoms with Gasteiger partial charge in [-0.25, -0.2) is 13.6 Å². The minimum absolute atomic E-state index is 0.0176. The fourth-order valence-electron chi connectivity index (χ4n) is 2.12. The standard InChI is InChI=1S/C17H15F2NO5/c1-23-14-7-11(17(22)25-3)13(8-15(14)24-2)20-16(21)10-5-4-9(18)6-12(10)19/h4-8H,1-3H3,(H,20,21). The maximum Gasteiger partial charge on any atom is 0.340 e. The van der Waals surface area contributed by atoms with E-state index in [4.69, 9.17) is 9.47 Å². The summed E-state index contributed by atoms with van der Waals surface area (Å²) in [6.45, 7) is 0. The van der Waals surface area contributed by atoms with E-state index in [9.17, 15) is 18.4 Å². The number of hydrogen-bond acceptors (Lipinski definition) is 5. The Bertz CT molecular complexity index is 823. The Hall–Kier alpha value is -3.16. The van der Waals surface area contributed by atoms with Crippen LogP contribution in [0, 0.1) is 11.6 Å². The second kappa shape index (κ2) is 7.61. The molecule has 0 aliphatic heterocycles. The average molecular weight is 351 g/mol. The molecule has 8 heteroatoms. The van der Waals surface area contributed by atoms with Gasteiger partial charge in [-0.3, -0.25) is 4.79 Å². The predicted molar refractivity (Wildman–Crippen MR) is 85.2 cm³/mol. The van der Waals surface area contributed by atoms with E-state index in [0.717, 1.165) is 12.1 Å². The topological polar surface area (TPSA) is 73.9 Å². The lowest BCUT2D eigenvalue weighted by molar-refractivity contribution is 0.0601. The molecule has 0 unspecified atom stereocenters. The van der Waals surface area contributed by atoms with E-state index in [2.05, 4.69) is 10.1 Å². The number of amides is 1. The smallest absolute Gasteiger partial charge is 0.340 e. The van der Waals surface area contributed by atoms with Gasteiger partial charge in [0.25, 0.3) is 5.91 Å².